The number of methoxy groups -OCH3 is 1. The Morgan fingerprint density at radius 2 is 1.90 bits per heavy atom. The van der Waals surface area contributed by atoms with Gasteiger partial charge < -0.3 is 14.6 Å². The molecule has 0 saturated carbocycles. The van der Waals surface area contributed by atoms with Gasteiger partial charge in [-0.15, -0.1) is 0 Å². The zero-order valence-corrected chi connectivity index (χ0v) is 17.3. The van der Waals surface area contributed by atoms with Crippen LogP contribution in [0.3, 0.4) is 0 Å². The highest BCUT2D eigenvalue weighted by molar-refractivity contribution is 6.09. The van der Waals surface area contributed by atoms with Gasteiger partial charge in [-0.3, -0.25) is 14.4 Å². The molecule has 0 fully saturated rings. The van der Waals surface area contributed by atoms with Gasteiger partial charge in [-0.1, -0.05) is 30.3 Å². The second kappa shape index (κ2) is 9.33. The fourth-order valence-electron chi connectivity index (χ4n) is 3.30. The lowest BCUT2D eigenvalue weighted by atomic mass is 10.0. The molecule has 1 N–H and O–H groups in total. The van der Waals surface area contributed by atoms with E-state index in [0.29, 0.717) is 35.4 Å². The number of pyridine rings is 1. The molecule has 6 heteroatoms. The summed E-state index contributed by atoms with van der Waals surface area (Å²) in [4.78, 5) is 37.9. The molecule has 0 atom stereocenters. The van der Waals surface area contributed by atoms with Crippen LogP contribution in [0.25, 0.3) is 17.0 Å². The molecule has 2 aromatic carbocycles. The summed E-state index contributed by atoms with van der Waals surface area (Å²) < 4.78 is 6.77. The summed E-state index contributed by atoms with van der Waals surface area (Å²) in [6.07, 6.45) is 2.99. The number of hydrogen-bond acceptors (Lipinski definition) is 4. The van der Waals surface area contributed by atoms with Gasteiger partial charge in [0.15, 0.2) is 5.78 Å². The molecule has 3 rings (SSSR count). The molecule has 0 aliphatic rings. The number of carbonyl (C=O) groups excluding carboxylic acids is 2. The van der Waals surface area contributed by atoms with Crippen LogP contribution in [-0.4, -0.2) is 36.5 Å². The Labute approximate surface area is 174 Å². The lowest BCUT2D eigenvalue weighted by molar-refractivity contribution is 0.0936. The van der Waals surface area contributed by atoms with Crippen molar-refractivity contribution in [2.24, 2.45) is 7.05 Å². The molecule has 0 saturated heterocycles. The number of nitrogens with zero attached hydrogens (tertiary/aromatic N) is 1. The van der Waals surface area contributed by atoms with Gasteiger partial charge in [-0.05, 0) is 42.8 Å². The topological polar surface area (TPSA) is 77.4 Å². The van der Waals surface area contributed by atoms with Crippen LogP contribution < -0.4 is 10.7 Å². The van der Waals surface area contributed by atoms with Gasteiger partial charge in [0.25, 0.3) is 5.91 Å². The molecule has 1 aromatic heterocycles. The first-order chi connectivity index (χ1) is 14.4. The number of nitrogens with one attached hydrogen (secondary N) is 1. The van der Waals surface area contributed by atoms with Crippen molar-refractivity contribution >= 4 is 28.7 Å². The second-order valence-corrected chi connectivity index (χ2v) is 6.94. The first kappa shape index (κ1) is 21.2. The molecular weight excluding hydrogens is 380 g/mol. The number of fused-ring (bicyclic) bond motifs is 1. The number of rotatable bonds is 7. The molecule has 1 heterocycles. The maximum atomic E-state index is 12.9. The van der Waals surface area contributed by atoms with E-state index in [0.717, 1.165) is 5.52 Å². The molecule has 0 bridgehead atoms. The summed E-state index contributed by atoms with van der Waals surface area (Å²) in [5, 5.41) is 3.27. The first-order valence-electron chi connectivity index (χ1n) is 9.62. The number of para-hydroxylation sites is 1. The summed E-state index contributed by atoms with van der Waals surface area (Å²) in [5.41, 5.74) is 2.45. The Morgan fingerprint density at radius 3 is 2.67 bits per heavy atom. The number of ether oxygens (including phenoxy) is 1. The second-order valence-electron chi connectivity index (χ2n) is 6.94. The molecule has 0 radical (unpaired) electrons. The van der Waals surface area contributed by atoms with Gasteiger partial charge in [0.05, 0.1) is 17.7 Å². The van der Waals surface area contributed by atoms with Crippen LogP contribution in [0.15, 0.2) is 59.4 Å². The smallest absolute Gasteiger partial charge is 0.251 e. The minimum atomic E-state index is -0.367. The van der Waals surface area contributed by atoms with Crippen LogP contribution in [0.4, 0.5) is 0 Å². The zero-order chi connectivity index (χ0) is 21.7. The van der Waals surface area contributed by atoms with E-state index in [1.165, 1.54) is 6.08 Å². The third-order valence-electron chi connectivity index (χ3n) is 5.02. The molecule has 0 aliphatic carbocycles. The van der Waals surface area contributed by atoms with Crippen LogP contribution in [0.1, 0.15) is 32.0 Å². The first-order valence-corrected chi connectivity index (χ1v) is 9.62. The van der Waals surface area contributed by atoms with Gasteiger partial charge in [0, 0.05) is 37.3 Å². The predicted octanol–water partition coefficient (Wildman–Crippen LogP) is 3.12. The molecule has 1 amide bonds. The van der Waals surface area contributed by atoms with E-state index < -0.39 is 0 Å². The highest BCUT2D eigenvalue weighted by Gasteiger charge is 2.16. The Kier molecular flexibility index (Phi) is 6.59. The summed E-state index contributed by atoms with van der Waals surface area (Å²) in [7, 11) is 3.41. The van der Waals surface area contributed by atoms with E-state index in [1.54, 1.807) is 56.5 Å². The van der Waals surface area contributed by atoms with Crippen LogP contribution in [0.2, 0.25) is 0 Å². The van der Waals surface area contributed by atoms with Crippen molar-refractivity contribution in [1.82, 2.24) is 9.88 Å². The number of aryl methyl sites for hydroxylation is 1. The van der Waals surface area contributed by atoms with Gasteiger partial charge in [-0.25, -0.2) is 0 Å². The standard InChI is InChI=1S/C24H24N2O4/c1-16-22(23(28)19-9-4-5-10-20(19)26(16)2)21(27)12-11-17-7-6-8-18(15-17)24(29)25-13-14-30-3/h4-12,15H,13-14H2,1-3H3,(H,25,29). The van der Waals surface area contributed by atoms with Crippen molar-refractivity contribution < 1.29 is 14.3 Å². The monoisotopic (exact) mass is 404 g/mol. The van der Waals surface area contributed by atoms with Crippen molar-refractivity contribution in [3.63, 3.8) is 0 Å². The number of benzene rings is 2. The Morgan fingerprint density at radius 1 is 1.13 bits per heavy atom. The predicted molar refractivity (Wildman–Crippen MR) is 118 cm³/mol. The van der Waals surface area contributed by atoms with Crippen molar-refractivity contribution in [3.8, 4) is 0 Å². The summed E-state index contributed by atoms with van der Waals surface area (Å²) in [6, 6.07) is 14.2. The van der Waals surface area contributed by atoms with Crippen molar-refractivity contribution in [2.75, 3.05) is 20.3 Å². The average molecular weight is 404 g/mol. The maximum absolute atomic E-state index is 12.9. The van der Waals surface area contributed by atoms with Gasteiger partial charge in [0.2, 0.25) is 5.43 Å². The van der Waals surface area contributed by atoms with E-state index >= 15 is 0 Å². The number of allylic oxidation sites excluding steroid dienone is 1. The van der Waals surface area contributed by atoms with Gasteiger partial charge in [-0.2, -0.15) is 0 Å². The quantitative estimate of drug-likeness (QED) is 0.373. The number of aromatic nitrogens is 1. The molecular formula is C24H24N2O4. The van der Waals surface area contributed by atoms with Crippen LogP contribution in [-0.2, 0) is 11.8 Å². The number of carbonyl (C=O) groups is 2. The normalized spacial score (nSPS) is 11.2. The SMILES string of the molecule is COCCNC(=O)c1cccc(C=CC(=O)c2c(C)n(C)c3ccccc3c2=O)c1. The Bertz CT molecular complexity index is 1190. The average Bonchev–Trinajstić information content (AvgIpc) is 2.76. The van der Waals surface area contributed by atoms with Crippen LogP contribution in [0.5, 0.6) is 0 Å². The highest BCUT2D eigenvalue weighted by Crippen LogP contribution is 2.16. The summed E-state index contributed by atoms with van der Waals surface area (Å²) >= 11 is 0. The Hall–Kier alpha value is -3.51. The van der Waals surface area contributed by atoms with Crippen LogP contribution >= 0.6 is 0 Å². The number of hydrogen-bond donors (Lipinski definition) is 1. The third-order valence-corrected chi connectivity index (χ3v) is 5.02. The molecule has 0 unspecified atom stereocenters. The summed E-state index contributed by atoms with van der Waals surface area (Å²) in [6.45, 7) is 2.61. The van der Waals surface area contributed by atoms with E-state index in [2.05, 4.69) is 5.32 Å². The molecule has 154 valence electrons. The summed E-state index contributed by atoms with van der Waals surface area (Å²) in [5.74, 6) is -0.582. The lowest BCUT2D eigenvalue weighted by Gasteiger charge is -2.12. The minimum absolute atomic E-state index is 0.154. The zero-order valence-electron chi connectivity index (χ0n) is 17.3. The fourth-order valence-corrected chi connectivity index (χ4v) is 3.30. The van der Waals surface area contributed by atoms with Crippen molar-refractivity contribution in [3.05, 3.63) is 87.2 Å². The molecule has 30 heavy (non-hydrogen) atoms. The molecule has 3 aromatic rings. The molecule has 0 aliphatic heterocycles. The van der Waals surface area contributed by atoms with Crippen molar-refractivity contribution in [2.45, 2.75) is 6.92 Å². The van der Waals surface area contributed by atoms with E-state index in [1.807, 2.05) is 23.7 Å². The van der Waals surface area contributed by atoms with E-state index in [9.17, 15) is 14.4 Å². The molecule has 6 nitrogen and oxygen atoms in total. The minimum Gasteiger partial charge on any atom is -0.383 e. The lowest BCUT2D eigenvalue weighted by Crippen LogP contribution is -2.26. The van der Waals surface area contributed by atoms with E-state index in [-0.39, 0.29) is 22.7 Å². The van der Waals surface area contributed by atoms with E-state index in [4.69, 9.17) is 4.74 Å². The van der Waals surface area contributed by atoms with Crippen LogP contribution in [0, 0.1) is 6.92 Å². The van der Waals surface area contributed by atoms with Gasteiger partial charge in [0.1, 0.15) is 0 Å². The number of amides is 1. The largest absolute Gasteiger partial charge is 0.383 e. The fraction of sp³-hybridized carbons (Fsp3) is 0.208. The van der Waals surface area contributed by atoms with Gasteiger partial charge >= 0.3 is 0 Å². The van der Waals surface area contributed by atoms with Crippen molar-refractivity contribution in [1.29, 1.82) is 0 Å². The maximum Gasteiger partial charge on any atom is 0.251 e. The highest BCUT2D eigenvalue weighted by atomic mass is 16.5. The third kappa shape index (κ3) is 4.39. The molecule has 0 spiro atoms. The number of ketones is 1. The Balaban J connectivity index is 1.88.